The third kappa shape index (κ3) is 3.88. The van der Waals surface area contributed by atoms with Gasteiger partial charge in [0.15, 0.2) is 0 Å². The summed E-state index contributed by atoms with van der Waals surface area (Å²) < 4.78 is 0. The molecule has 0 atom stereocenters. The van der Waals surface area contributed by atoms with Crippen molar-refractivity contribution in [2.45, 2.75) is 13.3 Å². The van der Waals surface area contributed by atoms with Gasteiger partial charge in [-0.3, -0.25) is 4.79 Å². The average Bonchev–Trinajstić information content (AvgIpc) is 2.38. The van der Waals surface area contributed by atoms with Crippen LogP contribution in [0.15, 0.2) is 18.2 Å². The number of anilines is 2. The number of hydrogen-bond acceptors (Lipinski definition) is 4. The molecule has 1 aromatic carbocycles. The monoisotopic (exact) mass is 260 g/mol. The predicted molar refractivity (Wildman–Crippen MR) is 76.8 cm³/mol. The van der Waals surface area contributed by atoms with Gasteiger partial charge in [-0.1, -0.05) is 0 Å². The highest BCUT2D eigenvalue weighted by molar-refractivity contribution is 5.81. The lowest BCUT2D eigenvalue weighted by Crippen LogP contribution is -2.36. The average molecular weight is 260 g/mol. The lowest BCUT2D eigenvalue weighted by Gasteiger charge is -2.25. The second-order valence-electron chi connectivity index (χ2n) is 4.52. The molecule has 5 nitrogen and oxygen atoms in total. The summed E-state index contributed by atoms with van der Waals surface area (Å²) in [6.07, 6.45) is 0.277. The lowest BCUT2D eigenvalue weighted by molar-refractivity contribution is -0.127. The highest BCUT2D eigenvalue weighted by atomic mass is 16.2. The van der Waals surface area contributed by atoms with E-state index in [4.69, 9.17) is 11.0 Å². The summed E-state index contributed by atoms with van der Waals surface area (Å²) in [5.41, 5.74) is 8.15. The molecule has 1 aromatic rings. The number of benzene rings is 1. The maximum Gasteiger partial charge on any atom is 0.241 e. The van der Waals surface area contributed by atoms with Crippen LogP contribution in [0.2, 0.25) is 0 Å². The van der Waals surface area contributed by atoms with Crippen molar-refractivity contribution in [1.82, 2.24) is 4.90 Å². The first-order valence-corrected chi connectivity index (χ1v) is 6.20. The third-order valence-electron chi connectivity index (χ3n) is 2.97. The fourth-order valence-electron chi connectivity index (χ4n) is 1.72. The molecule has 0 aromatic heterocycles. The van der Waals surface area contributed by atoms with Crippen molar-refractivity contribution in [2.24, 2.45) is 0 Å². The Kier molecular flexibility index (Phi) is 5.19. The molecule has 0 aliphatic carbocycles. The molecule has 0 aliphatic heterocycles. The summed E-state index contributed by atoms with van der Waals surface area (Å²) in [5.74, 6) is 0.0421. The van der Waals surface area contributed by atoms with Crippen molar-refractivity contribution in [3.05, 3.63) is 23.8 Å². The van der Waals surface area contributed by atoms with Gasteiger partial charge in [0.1, 0.15) is 0 Å². The van der Waals surface area contributed by atoms with Gasteiger partial charge >= 0.3 is 0 Å². The molecule has 19 heavy (non-hydrogen) atoms. The Labute approximate surface area is 114 Å². The van der Waals surface area contributed by atoms with Crippen LogP contribution in [0.3, 0.4) is 0 Å². The molecule has 0 unspecified atom stereocenters. The standard InChI is InChI=1S/C14H20N4O/c1-4-18(10-14(19)17(2)3)12-5-6-13(16)11(9-12)7-8-15/h5-6,9H,4,7,10,16H2,1-3H3. The molecule has 0 radical (unpaired) electrons. The molecular formula is C14H20N4O. The van der Waals surface area contributed by atoms with Crippen LogP contribution in [0.5, 0.6) is 0 Å². The molecule has 0 aliphatic rings. The van der Waals surface area contributed by atoms with Gasteiger partial charge in [-0.15, -0.1) is 0 Å². The fraction of sp³-hybridized carbons (Fsp3) is 0.429. The minimum Gasteiger partial charge on any atom is -0.398 e. The molecule has 102 valence electrons. The maximum absolute atomic E-state index is 11.8. The number of nitriles is 1. The minimum atomic E-state index is 0.0421. The van der Waals surface area contributed by atoms with Gasteiger partial charge in [0.05, 0.1) is 19.0 Å². The molecule has 0 fully saturated rings. The molecular weight excluding hydrogens is 240 g/mol. The van der Waals surface area contributed by atoms with E-state index in [-0.39, 0.29) is 12.3 Å². The number of nitrogens with two attached hydrogens (primary N) is 1. The van der Waals surface area contributed by atoms with E-state index in [1.165, 1.54) is 0 Å². The molecule has 1 amide bonds. The van der Waals surface area contributed by atoms with E-state index in [1.54, 1.807) is 25.1 Å². The molecule has 0 saturated carbocycles. The van der Waals surface area contributed by atoms with Gasteiger partial charge in [0, 0.05) is 32.0 Å². The van der Waals surface area contributed by atoms with Crippen molar-refractivity contribution in [2.75, 3.05) is 37.8 Å². The summed E-state index contributed by atoms with van der Waals surface area (Å²) >= 11 is 0. The first kappa shape index (κ1) is 14.8. The van der Waals surface area contributed by atoms with Crippen LogP contribution in [0.4, 0.5) is 11.4 Å². The molecule has 0 spiro atoms. The number of likely N-dealkylation sites (N-methyl/N-ethyl adjacent to an activating group) is 2. The Bertz CT molecular complexity index is 491. The van der Waals surface area contributed by atoms with E-state index in [9.17, 15) is 4.79 Å². The number of amides is 1. The zero-order chi connectivity index (χ0) is 14.4. The first-order valence-electron chi connectivity index (χ1n) is 6.20. The molecule has 5 heteroatoms. The summed E-state index contributed by atoms with van der Waals surface area (Å²) in [6, 6.07) is 7.63. The van der Waals surface area contributed by atoms with E-state index >= 15 is 0 Å². The number of hydrogen-bond donors (Lipinski definition) is 1. The molecule has 1 rings (SSSR count). The van der Waals surface area contributed by atoms with Crippen molar-refractivity contribution >= 4 is 17.3 Å². The van der Waals surface area contributed by atoms with E-state index < -0.39 is 0 Å². The molecule has 2 N–H and O–H groups in total. The smallest absolute Gasteiger partial charge is 0.241 e. The number of carbonyl (C=O) groups excluding carboxylic acids is 1. The Morgan fingerprint density at radius 2 is 2.11 bits per heavy atom. The van der Waals surface area contributed by atoms with Gasteiger partial charge in [0.2, 0.25) is 5.91 Å². The third-order valence-corrected chi connectivity index (χ3v) is 2.97. The summed E-state index contributed by atoms with van der Waals surface area (Å²) in [4.78, 5) is 15.3. The van der Waals surface area contributed by atoms with Crippen LogP contribution in [-0.4, -0.2) is 38.0 Å². The van der Waals surface area contributed by atoms with Crippen LogP contribution >= 0.6 is 0 Å². The Balaban J connectivity index is 2.96. The van der Waals surface area contributed by atoms with Crippen LogP contribution < -0.4 is 10.6 Å². The van der Waals surface area contributed by atoms with Crippen molar-refractivity contribution in [3.63, 3.8) is 0 Å². The SMILES string of the molecule is CCN(CC(=O)N(C)C)c1ccc(N)c(CC#N)c1. The Morgan fingerprint density at radius 3 is 2.63 bits per heavy atom. The first-order chi connectivity index (χ1) is 8.99. The van der Waals surface area contributed by atoms with Gasteiger partial charge in [-0.05, 0) is 30.7 Å². The largest absolute Gasteiger partial charge is 0.398 e. The summed E-state index contributed by atoms with van der Waals surface area (Å²) in [6.45, 7) is 3.03. The highest BCUT2D eigenvalue weighted by Gasteiger charge is 2.12. The zero-order valence-electron chi connectivity index (χ0n) is 11.7. The number of rotatable bonds is 5. The topological polar surface area (TPSA) is 73.4 Å². The number of carbonyl (C=O) groups is 1. The number of nitrogens with zero attached hydrogens (tertiary/aromatic N) is 3. The lowest BCUT2D eigenvalue weighted by atomic mass is 10.1. The van der Waals surface area contributed by atoms with Gasteiger partial charge in [-0.2, -0.15) is 5.26 Å². The Hall–Kier alpha value is -2.22. The fourth-order valence-corrected chi connectivity index (χ4v) is 1.72. The van der Waals surface area contributed by atoms with E-state index in [1.807, 2.05) is 24.0 Å². The van der Waals surface area contributed by atoms with E-state index in [0.29, 0.717) is 12.2 Å². The molecule has 0 heterocycles. The van der Waals surface area contributed by atoms with Crippen LogP contribution in [0, 0.1) is 11.3 Å². The maximum atomic E-state index is 11.8. The summed E-state index contributed by atoms with van der Waals surface area (Å²) in [7, 11) is 3.47. The van der Waals surface area contributed by atoms with E-state index in [0.717, 1.165) is 17.8 Å². The van der Waals surface area contributed by atoms with Crippen molar-refractivity contribution < 1.29 is 4.79 Å². The van der Waals surface area contributed by atoms with Gasteiger partial charge in [0.25, 0.3) is 0 Å². The van der Waals surface area contributed by atoms with Crippen LogP contribution in [-0.2, 0) is 11.2 Å². The quantitative estimate of drug-likeness (QED) is 0.809. The Morgan fingerprint density at radius 1 is 1.42 bits per heavy atom. The van der Waals surface area contributed by atoms with E-state index in [2.05, 4.69) is 6.07 Å². The number of nitrogen functional groups attached to an aromatic ring is 1. The van der Waals surface area contributed by atoms with Crippen molar-refractivity contribution in [1.29, 1.82) is 5.26 Å². The normalized spacial score (nSPS) is 9.79. The van der Waals surface area contributed by atoms with Crippen LogP contribution in [0.25, 0.3) is 0 Å². The van der Waals surface area contributed by atoms with Crippen molar-refractivity contribution in [3.8, 4) is 6.07 Å². The zero-order valence-corrected chi connectivity index (χ0v) is 11.7. The van der Waals surface area contributed by atoms with Gasteiger partial charge < -0.3 is 15.5 Å². The predicted octanol–water partition coefficient (Wildman–Crippen LogP) is 1.25. The molecule has 0 bridgehead atoms. The summed E-state index contributed by atoms with van der Waals surface area (Å²) in [5, 5.41) is 8.77. The second-order valence-corrected chi connectivity index (χ2v) is 4.52. The minimum absolute atomic E-state index is 0.0421. The molecule has 0 saturated heterocycles. The second kappa shape index (κ2) is 6.64. The highest BCUT2D eigenvalue weighted by Crippen LogP contribution is 2.21. The van der Waals surface area contributed by atoms with Crippen LogP contribution in [0.1, 0.15) is 12.5 Å². The van der Waals surface area contributed by atoms with Gasteiger partial charge in [-0.25, -0.2) is 0 Å².